The number of carbonyl (C=O) groups is 3. The van der Waals surface area contributed by atoms with E-state index in [4.69, 9.17) is 4.74 Å². The summed E-state index contributed by atoms with van der Waals surface area (Å²) in [5.74, 6) is -0.746. The first kappa shape index (κ1) is 24.9. The van der Waals surface area contributed by atoms with Crippen LogP contribution in [0.3, 0.4) is 0 Å². The van der Waals surface area contributed by atoms with Gasteiger partial charge in [0.15, 0.2) is 0 Å². The molecule has 0 aromatic heterocycles. The molecule has 0 atom stereocenters. The summed E-state index contributed by atoms with van der Waals surface area (Å²) in [7, 11) is 0. The van der Waals surface area contributed by atoms with Gasteiger partial charge in [-0.25, -0.2) is 10.2 Å². The summed E-state index contributed by atoms with van der Waals surface area (Å²) in [5, 5.41) is 6.80. The number of hydrazone groups is 1. The number of halogens is 1. The van der Waals surface area contributed by atoms with Crippen molar-refractivity contribution in [2.45, 2.75) is 20.8 Å². The van der Waals surface area contributed by atoms with Gasteiger partial charge in [-0.15, -0.1) is 0 Å². The quantitative estimate of drug-likeness (QED) is 0.196. The molecule has 0 aliphatic carbocycles. The van der Waals surface area contributed by atoms with Crippen LogP contribution in [0.2, 0.25) is 0 Å². The van der Waals surface area contributed by atoms with E-state index in [0.717, 1.165) is 4.47 Å². The average Bonchev–Trinajstić information content (AvgIpc) is 2.81. The maximum atomic E-state index is 12.4. The van der Waals surface area contributed by atoms with E-state index in [1.807, 2.05) is 26.8 Å². The number of hydrogen-bond acceptors (Lipinski definition) is 5. The van der Waals surface area contributed by atoms with Crippen LogP contribution >= 0.6 is 15.9 Å². The number of benzene rings is 3. The van der Waals surface area contributed by atoms with Crippen LogP contribution in [0.4, 0.5) is 5.69 Å². The number of esters is 1. The van der Waals surface area contributed by atoms with Crippen LogP contribution in [-0.2, 0) is 4.79 Å². The molecule has 8 heteroatoms. The van der Waals surface area contributed by atoms with Gasteiger partial charge in [0.05, 0.1) is 11.8 Å². The zero-order valence-electron chi connectivity index (χ0n) is 19.0. The molecule has 3 aromatic rings. The van der Waals surface area contributed by atoms with Crippen LogP contribution in [0.1, 0.15) is 47.1 Å². The second-order valence-electron chi connectivity index (χ2n) is 8.42. The number of hydrogen-bond donors (Lipinski definition) is 2. The van der Waals surface area contributed by atoms with E-state index in [2.05, 4.69) is 31.8 Å². The van der Waals surface area contributed by atoms with E-state index < -0.39 is 17.3 Å². The largest absolute Gasteiger partial charge is 0.422 e. The molecule has 34 heavy (non-hydrogen) atoms. The lowest BCUT2D eigenvalue weighted by atomic mass is 9.95. The molecule has 0 radical (unpaired) electrons. The summed E-state index contributed by atoms with van der Waals surface area (Å²) >= 11 is 3.38. The van der Waals surface area contributed by atoms with Crippen molar-refractivity contribution in [2.24, 2.45) is 10.5 Å². The van der Waals surface area contributed by atoms with Crippen molar-refractivity contribution < 1.29 is 19.1 Å². The maximum absolute atomic E-state index is 12.4. The predicted molar refractivity (Wildman–Crippen MR) is 135 cm³/mol. The highest BCUT2D eigenvalue weighted by Gasteiger charge is 2.21. The summed E-state index contributed by atoms with van der Waals surface area (Å²) in [6.45, 7) is 5.46. The van der Waals surface area contributed by atoms with Crippen molar-refractivity contribution in [3.8, 4) is 5.75 Å². The van der Waals surface area contributed by atoms with Gasteiger partial charge in [0.1, 0.15) is 5.75 Å². The monoisotopic (exact) mass is 521 g/mol. The van der Waals surface area contributed by atoms with E-state index in [1.54, 1.807) is 66.7 Å². The molecular formula is C26H24BrN3O4. The molecule has 2 N–H and O–H groups in total. The van der Waals surface area contributed by atoms with Crippen LogP contribution in [0.5, 0.6) is 5.75 Å². The van der Waals surface area contributed by atoms with Gasteiger partial charge in [-0.2, -0.15) is 5.10 Å². The van der Waals surface area contributed by atoms with Crippen LogP contribution in [-0.4, -0.2) is 24.0 Å². The third-order valence-corrected chi connectivity index (χ3v) is 5.13. The zero-order valence-corrected chi connectivity index (χ0v) is 20.5. The van der Waals surface area contributed by atoms with Crippen LogP contribution in [0.15, 0.2) is 82.4 Å². The minimum absolute atomic E-state index is 0.118. The number of nitrogens with zero attached hydrogens (tertiary/aromatic N) is 1. The lowest BCUT2D eigenvalue weighted by molar-refractivity contribution is -0.123. The van der Waals surface area contributed by atoms with E-state index in [-0.39, 0.29) is 5.91 Å². The van der Waals surface area contributed by atoms with Crippen LogP contribution < -0.4 is 15.5 Å². The van der Waals surface area contributed by atoms with Crippen molar-refractivity contribution in [2.75, 3.05) is 5.32 Å². The van der Waals surface area contributed by atoms with Gasteiger partial charge in [0, 0.05) is 26.7 Å². The zero-order chi connectivity index (χ0) is 24.7. The molecule has 3 aromatic carbocycles. The third-order valence-electron chi connectivity index (χ3n) is 4.64. The number of rotatable bonds is 6. The Kier molecular flexibility index (Phi) is 7.96. The molecule has 0 saturated heterocycles. The van der Waals surface area contributed by atoms with Gasteiger partial charge in [0.25, 0.3) is 5.91 Å². The Hall–Kier alpha value is -3.78. The minimum atomic E-state index is -0.522. The minimum Gasteiger partial charge on any atom is -0.422 e. The Morgan fingerprint density at radius 1 is 0.912 bits per heavy atom. The molecule has 2 amide bonds. The number of nitrogens with one attached hydrogen (secondary N) is 2. The van der Waals surface area contributed by atoms with Gasteiger partial charge < -0.3 is 10.1 Å². The van der Waals surface area contributed by atoms with Crippen LogP contribution in [0, 0.1) is 5.41 Å². The average molecular weight is 522 g/mol. The first-order valence-corrected chi connectivity index (χ1v) is 11.2. The summed E-state index contributed by atoms with van der Waals surface area (Å²) in [6.07, 6.45) is 1.40. The van der Waals surface area contributed by atoms with Gasteiger partial charge in [-0.1, -0.05) is 54.9 Å². The summed E-state index contributed by atoms with van der Waals surface area (Å²) in [5.41, 5.74) is 3.82. The number of ether oxygens (including phenoxy) is 1. The third kappa shape index (κ3) is 6.86. The molecule has 0 spiro atoms. The lowest BCUT2D eigenvalue weighted by Gasteiger charge is -2.17. The molecular weight excluding hydrogens is 498 g/mol. The van der Waals surface area contributed by atoms with Crippen molar-refractivity contribution in [1.82, 2.24) is 5.43 Å². The Labute approximate surface area is 206 Å². The highest BCUT2D eigenvalue weighted by molar-refractivity contribution is 9.10. The fourth-order valence-corrected chi connectivity index (χ4v) is 3.07. The topological polar surface area (TPSA) is 96.9 Å². The highest BCUT2D eigenvalue weighted by atomic mass is 79.9. The first-order chi connectivity index (χ1) is 16.1. The standard InChI is InChI=1S/C26H24BrN3O4/c1-26(2,3)25(33)29-21-12-9-17(10-13-21)23(31)30-28-16-19-15-20(27)11-14-22(19)34-24(32)18-7-5-4-6-8-18/h4-16H,1-3H3,(H,29,33)(H,30,31)/b28-16-. The van der Waals surface area contributed by atoms with Crippen molar-refractivity contribution in [3.05, 3.63) is 94.0 Å². The van der Waals surface area contributed by atoms with Gasteiger partial charge in [-0.05, 0) is 54.6 Å². The second kappa shape index (κ2) is 10.9. The Morgan fingerprint density at radius 2 is 1.59 bits per heavy atom. The molecule has 0 unspecified atom stereocenters. The molecule has 0 bridgehead atoms. The predicted octanol–water partition coefficient (Wildman–Crippen LogP) is 5.42. The van der Waals surface area contributed by atoms with E-state index in [1.165, 1.54) is 6.21 Å². The molecule has 0 aliphatic rings. The fourth-order valence-electron chi connectivity index (χ4n) is 2.69. The van der Waals surface area contributed by atoms with Crippen LogP contribution in [0.25, 0.3) is 0 Å². The number of amides is 2. The Morgan fingerprint density at radius 3 is 2.24 bits per heavy atom. The smallest absolute Gasteiger partial charge is 0.343 e. The maximum Gasteiger partial charge on any atom is 0.343 e. The molecule has 0 heterocycles. The Bertz CT molecular complexity index is 1220. The van der Waals surface area contributed by atoms with Crippen molar-refractivity contribution >= 4 is 45.6 Å². The van der Waals surface area contributed by atoms with Crippen molar-refractivity contribution in [1.29, 1.82) is 0 Å². The lowest BCUT2D eigenvalue weighted by Crippen LogP contribution is -2.27. The van der Waals surface area contributed by atoms with E-state index >= 15 is 0 Å². The molecule has 0 fully saturated rings. The second-order valence-corrected chi connectivity index (χ2v) is 9.33. The molecule has 7 nitrogen and oxygen atoms in total. The van der Waals surface area contributed by atoms with Gasteiger partial charge in [-0.3, -0.25) is 9.59 Å². The molecule has 0 saturated carbocycles. The first-order valence-electron chi connectivity index (χ1n) is 10.5. The van der Waals surface area contributed by atoms with Gasteiger partial charge >= 0.3 is 5.97 Å². The summed E-state index contributed by atoms with van der Waals surface area (Å²) in [6, 6.07) is 20.2. The van der Waals surface area contributed by atoms with E-state index in [0.29, 0.717) is 28.1 Å². The van der Waals surface area contributed by atoms with Gasteiger partial charge in [0.2, 0.25) is 5.91 Å². The fraction of sp³-hybridized carbons (Fsp3) is 0.154. The number of anilines is 1. The molecule has 174 valence electrons. The molecule has 0 aliphatic heterocycles. The molecule has 3 rings (SSSR count). The highest BCUT2D eigenvalue weighted by Crippen LogP contribution is 2.23. The summed E-state index contributed by atoms with van der Waals surface area (Å²) in [4.78, 5) is 36.9. The Balaban J connectivity index is 1.66. The SMILES string of the molecule is CC(C)(C)C(=O)Nc1ccc(C(=O)N/N=C\c2cc(Br)ccc2OC(=O)c2ccccc2)cc1. The normalized spacial score (nSPS) is 11.2. The number of carbonyl (C=O) groups excluding carboxylic acids is 3. The van der Waals surface area contributed by atoms with E-state index in [9.17, 15) is 14.4 Å². The summed E-state index contributed by atoms with van der Waals surface area (Å²) < 4.78 is 6.26. The van der Waals surface area contributed by atoms with Crippen molar-refractivity contribution in [3.63, 3.8) is 0 Å².